The summed E-state index contributed by atoms with van der Waals surface area (Å²) in [6.45, 7) is 0. The highest BCUT2D eigenvalue weighted by atomic mass is 127. The minimum absolute atomic E-state index is 0.0153. The number of aryl methyl sites for hydroxylation is 1. The van der Waals surface area contributed by atoms with Gasteiger partial charge in [0.05, 0.1) is 11.8 Å². The van der Waals surface area contributed by atoms with Gasteiger partial charge in [-0.25, -0.2) is 0 Å². The third-order valence-corrected chi connectivity index (χ3v) is 3.50. The molecular weight excluding hydrogens is 383 g/mol. The van der Waals surface area contributed by atoms with Crippen LogP contribution in [-0.4, -0.2) is 15.6 Å². The number of ketones is 1. The van der Waals surface area contributed by atoms with Crippen LogP contribution in [0.15, 0.2) is 35.1 Å². The molecule has 1 aromatic carbocycles. The van der Waals surface area contributed by atoms with Crippen molar-refractivity contribution in [3.63, 3.8) is 0 Å². The van der Waals surface area contributed by atoms with Crippen molar-refractivity contribution in [3.8, 4) is 0 Å². The molecule has 1 aromatic heterocycles. The lowest BCUT2D eigenvalue weighted by molar-refractivity contribution is 0.103. The highest BCUT2D eigenvalue weighted by molar-refractivity contribution is 14.1. The zero-order valence-corrected chi connectivity index (χ0v) is 12.2. The normalized spacial score (nSPS) is 10.4. The largest absolute Gasteiger partial charge is 0.288 e. The zero-order chi connectivity index (χ0) is 11.7. The molecule has 2 aromatic rings. The Labute approximate surface area is 115 Å². The minimum Gasteiger partial charge on any atom is -0.288 e. The summed E-state index contributed by atoms with van der Waals surface area (Å²) >= 11 is 5.57. The summed E-state index contributed by atoms with van der Waals surface area (Å²) in [7, 11) is 1.79. The predicted octanol–water partition coefficient (Wildman–Crippen LogP) is 3.02. The van der Waals surface area contributed by atoms with Crippen LogP contribution in [0.2, 0.25) is 0 Å². The summed E-state index contributed by atoms with van der Waals surface area (Å²) in [6, 6.07) is 5.69. The number of carbonyl (C=O) groups is 1. The van der Waals surface area contributed by atoms with Gasteiger partial charge in [-0.1, -0.05) is 15.9 Å². The van der Waals surface area contributed by atoms with Crippen LogP contribution in [0.1, 0.15) is 15.9 Å². The molecule has 0 bridgehead atoms. The van der Waals surface area contributed by atoms with Gasteiger partial charge >= 0.3 is 0 Å². The number of hydrogen-bond acceptors (Lipinski definition) is 2. The number of rotatable bonds is 2. The molecule has 16 heavy (non-hydrogen) atoms. The number of carbonyl (C=O) groups excluding carboxylic acids is 1. The number of halogens is 2. The van der Waals surface area contributed by atoms with Gasteiger partial charge in [0.25, 0.3) is 0 Å². The second-order valence-electron chi connectivity index (χ2n) is 3.36. The Morgan fingerprint density at radius 3 is 2.88 bits per heavy atom. The molecule has 0 aliphatic heterocycles. The summed E-state index contributed by atoms with van der Waals surface area (Å²) < 4.78 is 3.46. The topological polar surface area (TPSA) is 34.9 Å². The average molecular weight is 391 g/mol. The Morgan fingerprint density at radius 2 is 2.25 bits per heavy atom. The summed E-state index contributed by atoms with van der Waals surface area (Å²) in [6.07, 6.45) is 3.29. The quantitative estimate of drug-likeness (QED) is 0.583. The minimum atomic E-state index is -0.0153. The molecule has 3 nitrogen and oxygen atoms in total. The Morgan fingerprint density at radius 1 is 1.50 bits per heavy atom. The van der Waals surface area contributed by atoms with Crippen LogP contribution < -0.4 is 0 Å². The predicted molar refractivity (Wildman–Crippen MR) is 73.5 cm³/mol. The molecule has 1 heterocycles. The lowest BCUT2D eigenvalue weighted by atomic mass is 10.1. The molecule has 0 fully saturated rings. The van der Waals surface area contributed by atoms with Crippen molar-refractivity contribution in [1.82, 2.24) is 9.78 Å². The van der Waals surface area contributed by atoms with Crippen molar-refractivity contribution in [2.75, 3.05) is 0 Å². The third kappa shape index (κ3) is 2.35. The second kappa shape index (κ2) is 4.67. The first-order valence-corrected chi connectivity index (χ1v) is 6.43. The van der Waals surface area contributed by atoms with Gasteiger partial charge in [-0.05, 0) is 40.8 Å². The molecule has 0 aliphatic rings. The summed E-state index contributed by atoms with van der Waals surface area (Å²) in [5, 5.41) is 3.99. The molecule has 0 saturated carbocycles. The van der Waals surface area contributed by atoms with Gasteiger partial charge in [0.1, 0.15) is 0 Å². The maximum Gasteiger partial charge on any atom is 0.197 e. The van der Waals surface area contributed by atoms with Gasteiger partial charge in [0.15, 0.2) is 5.78 Å². The molecule has 0 radical (unpaired) electrons. The van der Waals surface area contributed by atoms with E-state index in [2.05, 4.69) is 43.6 Å². The Hall–Kier alpha value is -0.690. The highest BCUT2D eigenvalue weighted by Crippen LogP contribution is 2.22. The summed E-state index contributed by atoms with van der Waals surface area (Å²) in [4.78, 5) is 12.1. The van der Waals surface area contributed by atoms with E-state index in [1.165, 1.54) is 0 Å². The average Bonchev–Trinajstić information content (AvgIpc) is 2.67. The van der Waals surface area contributed by atoms with Gasteiger partial charge in [-0.3, -0.25) is 9.48 Å². The maximum absolute atomic E-state index is 12.1. The fraction of sp³-hybridized carbons (Fsp3) is 0.0909. The number of nitrogens with zero attached hydrogens (tertiary/aromatic N) is 2. The number of benzene rings is 1. The summed E-state index contributed by atoms with van der Waals surface area (Å²) in [5.74, 6) is -0.0153. The van der Waals surface area contributed by atoms with Gasteiger partial charge in [-0.2, -0.15) is 5.10 Å². The van der Waals surface area contributed by atoms with E-state index in [0.717, 1.165) is 8.04 Å². The standard InChI is InChI=1S/C11H8BrIN2O/c1-15-6-7(5-14-15)11(16)9-4-8(13)2-3-10(9)12/h2-6H,1H3. The first-order chi connectivity index (χ1) is 7.58. The van der Waals surface area contributed by atoms with Crippen molar-refractivity contribution in [2.24, 2.45) is 7.05 Å². The molecular formula is C11H8BrIN2O. The lowest BCUT2D eigenvalue weighted by Crippen LogP contribution is -2.01. The van der Waals surface area contributed by atoms with E-state index in [4.69, 9.17) is 0 Å². The van der Waals surface area contributed by atoms with Crippen molar-refractivity contribution in [1.29, 1.82) is 0 Å². The van der Waals surface area contributed by atoms with Crippen LogP contribution in [0, 0.1) is 3.57 Å². The SMILES string of the molecule is Cn1cc(C(=O)c2cc(I)ccc2Br)cn1. The van der Waals surface area contributed by atoms with Crippen molar-refractivity contribution >= 4 is 44.3 Å². The first-order valence-electron chi connectivity index (χ1n) is 4.56. The molecule has 5 heteroatoms. The van der Waals surface area contributed by atoms with Crippen LogP contribution in [0.5, 0.6) is 0 Å². The van der Waals surface area contributed by atoms with Gasteiger partial charge in [0.2, 0.25) is 0 Å². The molecule has 0 amide bonds. The zero-order valence-electron chi connectivity index (χ0n) is 8.45. The number of aromatic nitrogens is 2. The molecule has 0 N–H and O–H groups in total. The lowest BCUT2D eigenvalue weighted by Gasteiger charge is -2.02. The van der Waals surface area contributed by atoms with Crippen LogP contribution in [-0.2, 0) is 7.05 Å². The molecule has 2 rings (SSSR count). The molecule has 0 saturated heterocycles. The molecule has 82 valence electrons. The van der Waals surface area contributed by atoms with E-state index in [9.17, 15) is 4.79 Å². The number of hydrogen-bond donors (Lipinski definition) is 0. The van der Waals surface area contributed by atoms with Gasteiger partial charge in [-0.15, -0.1) is 0 Å². The fourth-order valence-corrected chi connectivity index (χ4v) is 2.28. The van der Waals surface area contributed by atoms with Crippen LogP contribution in [0.4, 0.5) is 0 Å². The van der Waals surface area contributed by atoms with E-state index in [1.54, 1.807) is 24.1 Å². The maximum atomic E-state index is 12.1. The van der Waals surface area contributed by atoms with E-state index >= 15 is 0 Å². The summed E-state index contributed by atoms with van der Waals surface area (Å²) in [5.41, 5.74) is 1.27. The van der Waals surface area contributed by atoms with E-state index in [0.29, 0.717) is 11.1 Å². The smallest absolute Gasteiger partial charge is 0.197 e. The van der Waals surface area contributed by atoms with Crippen molar-refractivity contribution < 1.29 is 4.79 Å². The van der Waals surface area contributed by atoms with E-state index < -0.39 is 0 Å². The third-order valence-electron chi connectivity index (χ3n) is 2.14. The Balaban J connectivity index is 2.45. The van der Waals surface area contributed by atoms with Crippen LogP contribution in [0.3, 0.4) is 0 Å². The molecule has 0 aliphatic carbocycles. The first kappa shape index (κ1) is 11.8. The van der Waals surface area contributed by atoms with Crippen LogP contribution >= 0.6 is 38.5 Å². The van der Waals surface area contributed by atoms with E-state index in [-0.39, 0.29) is 5.78 Å². The van der Waals surface area contributed by atoms with E-state index in [1.807, 2.05) is 18.2 Å². The fourth-order valence-electron chi connectivity index (χ4n) is 1.37. The van der Waals surface area contributed by atoms with Crippen molar-refractivity contribution in [2.45, 2.75) is 0 Å². The van der Waals surface area contributed by atoms with Crippen molar-refractivity contribution in [3.05, 3.63) is 49.8 Å². The molecule has 0 atom stereocenters. The second-order valence-corrected chi connectivity index (χ2v) is 5.46. The van der Waals surface area contributed by atoms with Gasteiger partial charge in [0, 0.05) is 26.9 Å². The van der Waals surface area contributed by atoms with Gasteiger partial charge < -0.3 is 0 Å². The molecule has 0 spiro atoms. The van der Waals surface area contributed by atoms with Crippen LogP contribution in [0.25, 0.3) is 0 Å². The highest BCUT2D eigenvalue weighted by Gasteiger charge is 2.14. The Kier molecular flexibility index (Phi) is 3.44. The monoisotopic (exact) mass is 390 g/mol. The Bertz CT molecular complexity index is 551. The molecule has 0 unspecified atom stereocenters.